The third-order valence-electron chi connectivity index (χ3n) is 6.01. The fourth-order valence-corrected chi connectivity index (χ4v) is 3.39. The molecule has 0 aromatic rings. The highest BCUT2D eigenvalue weighted by molar-refractivity contribution is 5.94. The van der Waals surface area contributed by atoms with E-state index in [1.807, 2.05) is 55.4 Å². The molecule has 3 amide bonds. The van der Waals surface area contributed by atoms with Gasteiger partial charge in [-0.15, -0.1) is 0 Å². The molecule has 0 aliphatic rings. The normalized spacial score (nSPS) is 16.9. The number of nitrogens with two attached hydrogens (primary N) is 1. The Morgan fingerprint density at radius 1 is 0.697 bits per heavy atom. The Kier molecular flexibility index (Phi) is 13.9. The summed E-state index contributed by atoms with van der Waals surface area (Å²) < 4.78 is 0. The highest BCUT2D eigenvalue weighted by Crippen LogP contribution is 2.13. The Morgan fingerprint density at radius 3 is 1.58 bits per heavy atom. The van der Waals surface area contributed by atoms with Crippen molar-refractivity contribution in [3.8, 4) is 0 Å². The van der Waals surface area contributed by atoms with Crippen LogP contribution >= 0.6 is 0 Å². The summed E-state index contributed by atoms with van der Waals surface area (Å²) in [7, 11) is 0. The predicted octanol–water partition coefficient (Wildman–Crippen LogP) is 2.04. The van der Waals surface area contributed by atoms with Crippen molar-refractivity contribution in [1.82, 2.24) is 16.0 Å². The Balaban J connectivity index is 5.59. The number of nitrogens with one attached hydrogen (secondary N) is 3. The Morgan fingerprint density at radius 2 is 1.15 bits per heavy atom. The van der Waals surface area contributed by atoms with Crippen LogP contribution < -0.4 is 21.7 Å². The van der Waals surface area contributed by atoms with Gasteiger partial charge in [-0.3, -0.25) is 14.4 Å². The van der Waals surface area contributed by atoms with Crippen LogP contribution in [-0.4, -0.2) is 53.0 Å². The standard InChI is InChI=1S/C24H46N4O5/c1-9-15(7)19(25)22(30)26-17(11-13(3)4)21(29)28-20(16(8)10-2)23(31)27-18(24(32)33)12-14(5)6/h13-20H,9-12,25H2,1-8H3,(H,26,30)(H,27,31)(H,28,29)(H,32,33)/t15-,16-,17-,18-,19-,20-/m0/s1. The quantitative estimate of drug-likeness (QED) is 0.247. The van der Waals surface area contributed by atoms with Crippen molar-refractivity contribution in [1.29, 1.82) is 0 Å². The van der Waals surface area contributed by atoms with Gasteiger partial charge in [-0.25, -0.2) is 4.79 Å². The molecule has 0 aromatic heterocycles. The molecule has 0 unspecified atom stereocenters. The minimum Gasteiger partial charge on any atom is -0.480 e. The van der Waals surface area contributed by atoms with Crippen LogP contribution in [0.4, 0.5) is 0 Å². The average Bonchev–Trinajstić information content (AvgIpc) is 2.73. The number of carboxylic acid groups (broad SMARTS) is 1. The fraction of sp³-hybridized carbons (Fsp3) is 0.833. The van der Waals surface area contributed by atoms with E-state index in [-0.39, 0.29) is 30.1 Å². The lowest BCUT2D eigenvalue weighted by Gasteiger charge is -2.29. The summed E-state index contributed by atoms with van der Waals surface area (Å²) >= 11 is 0. The van der Waals surface area contributed by atoms with Crippen molar-refractivity contribution in [3.05, 3.63) is 0 Å². The van der Waals surface area contributed by atoms with Crippen molar-refractivity contribution >= 4 is 23.7 Å². The van der Waals surface area contributed by atoms with Crippen LogP contribution in [0, 0.1) is 23.7 Å². The zero-order valence-corrected chi connectivity index (χ0v) is 21.6. The zero-order chi connectivity index (χ0) is 25.9. The van der Waals surface area contributed by atoms with Crippen LogP contribution in [0.25, 0.3) is 0 Å². The van der Waals surface area contributed by atoms with Gasteiger partial charge in [0.05, 0.1) is 6.04 Å². The number of hydrogen-bond acceptors (Lipinski definition) is 5. The van der Waals surface area contributed by atoms with Crippen LogP contribution in [0.15, 0.2) is 0 Å². The highest BCUT2D eigenvalue weighted by Gasteiger charge is 2.33. The van der Waals surface area contributed by atoms with E-state index in [1.165, 1.54) is 0 Å². The van der Waals surface area contributed by atoms with E-state index in [1.54, 1.807) is 0 Å². The van der Waals surface area contributed by atoms with Crippen molar-refractivity contribution in [3.63, 3.8) is 0 Å². The maximum absolute atomic E-state index is 13.1. The summed E-state index contributed by atoms with van der Waals surface area (Å²) in [5, 5.41) is 17.5. The molecule has 6 atom stereocenters. The molecule has 9 nitrogen and oxygen atoms in total. The second kappa shape index (κ2) is 14.9. The average molecular weight is 471 g/mol. The van der Waals surface area contributed by atoms with Crippen LogP contribution in [0.5, 0.6) is 0 Å². The summed E-state index contributed by atoms with van der Waals surface area (Å²) in [4.78, 5) is 50.3. The minimum absolute atomic E-state index is 0.0414. The summed E-state index contributed by atoms with van der Waals surface area (Å²) in [6.45, 7) is 15.1. The van der Waals surface area contributed by atoms with E-state index >= 15 is 0 Å². The lowest BCUT2D eigenvalue weighted by atomic mass is 9.95. The van der Waals surface area contributed by atoms with Gasteiger partial charge in [0, 0.05) is 0 Å². The summed E-state index contributed by atoms with van der Waals surface area (Å²) in [5.74, 6) is -2.64. The number of carbonyl (C=O) groups excluding carboxylic acids is 3. The molecular formula is C24H46N4O5. The largest absolute Gasteiger partial charge is 0.480 e. The van der Waals surface area contributed by atoms with E-state index in [0.717, 1.165) is 6.42 Å². The van der Waals surface area contributed by atoms with Gasteiger partial charge in [0.1, 0.15) is 18.1 Å². The molecule has 0 aromatic carbocycles. The summed E-state index contributed by atoms with van der Waals surface area (Å²) in [6, 6.07) is -3.55. The lowest BCUT2D eigenvalue weighted by Crippen LogP contribution is -2.59. The van der Waals surface area contributed by atoms with E-state index in [0.29, 0.717) is 12.8 Å². The Labute approximate surface area is 199 Å². The van der Waals surface area contributed by atoms with Crippen LogP contribution in [0.3, 0.4) is 0 Å². The second-order valence-corrected chi connectivity index (χ2v) is 10.0. The first kappa shape index (κ1) is 30.8. The first-order chi connectivity index (χ1) is 15.2. The molecule has 192 valence electrons. The molecule has 0 aliphatic carbocycles. The number of carbonyl (C=O) groups is 4. The number of aliphatic carboxylic acids is 1. The Bertz CT molecular complexity index is 653. The van der Waals surface area contributed by atoms with Gasteiger partial charge in [-0.1, -0.05) is 68.2 Å². The van der Waals surface area contributed by atoms with Gasteiger partial charge in [0.25, 0.3) is 0 Å². The van der Waals surface area contributed by atoms with E-state index in [4.69, 9.17) is 5.73 Å². The number of amides is 3. The third-order valence-corrected chi connectivity index (χ3v) is 6.01. The number of hydrogen-bond donors (Lipinski definition) is 5. The van der Waals surface area contributed by atoms with Crippen molar-refractivity contribution in [2.24, 2.45) is 29.4 Å². The zero-order valence-electron chi connectivity index (χ0n) is 21.6. The van der Waals surface area contributed by atoms with Crippen LogP contribution in [0.2, 0.25) is 0 Å². The molecule has 0 bridgehead atoms. The summed E-state index contributed by atoms with van der Waals surface area (Å²) in [6.07, 6.45) is 1.99. The van der Waals surface area contributed by atoms with Crippen molar-refractivity contribution in [2.45, 2.75) is 105 Å². The first-order valence-electron chi connectivity index (χ1n) is 12.1. The third kappa shape index (κ3) is 11.0. The monoisotopic (exact) mass is 470 g/mol. The summed E-state index contributed by atoms with van der Waals surface area (Å²) in [5.41, 5.74) is 6.03. The minimum atomic E-state index is -1.12. The predicted molar refractivity (Wildman–Crippen MR) is 129 cm³/mol. The van der Waals surface area contributed by atoms with Gasteiger partial charge < -0.3 is 26.8 Å². The topological polar surface area (TPSA) is 151 Å². The molecule has 0 saturated carbocycles. The molecule has 0 fully saturated rings. The highest BCUT2D eigenvalue weighted by atomic mass is 16.4. The van der Waals surface area contributed by atoms with Crippen LogP contribution in [0.1, 0.15) is 81.1 Å². The molecule has 0 spiro atoms. The van der Waals surface area contributed by atoms with Gasteiger partial charge in [-0.05, 0) is 36.5 Å². The molecule has 0 heterocycles. The van der Waals surface area contributed by atoms with E-state index in [2.05, 4.69) is 16.0 Å². The van der Waals surface area contributed by atoms with Crippen molar-refractivity contribution < 1.29 is 24.3 Å². The molecule has 0 radical (unpaired) electrons. The fourth-order valence-electron chi connectivity index (χ4n) is 3.39. The number of rotatable bonds is 15. The second-order valence-electron chi connectivity index (χ2n) is 10.0. The maximum atomic E-state index is 13.1. The molecule has 33 heavy (non-hydrogen) atoms. The lowest BCUT2D eigenvalue weighted by molar-refractivity contribution is -0.143. The van der Waals surface area contributed by atoms with Gasteiger partial charge >= 0.3 is 5.97 Å². The van der Waals surface area contributed by atoms with Gasteiger partial charge in [0.15, 0.2) is 0 Å². The smallest absolute Gasteiger partial charge is 0.326 e. The van der Waals surface area contributed by atoms with E-state index < -0.39 is 47.9 Å². The van der Waals surface area contributed by atoms with Crippen molar-refractivity contribution in [2.75, 3.05) is 0 Å². The van der Waals surface area contributed by atoms with Gasteiger partial charge in [-0.2, -0.15) is 0 Å². The maximum Gasteiger partial charge on any atom is 0.326 e. The molecule has 0 rings (SSSR count). The molecule has 0 aliphatic heterocycles. The first-order valence-corrected chi connectivity index (χ1v) is 12.1. The van der Waals surface area contributed by atoms with E-state index in [9.17, 15) is 24.3 Å². The number of carboxylic acids is 1. The SMILES string of the molecule is CC[C@H](C)[C@H](N)C(=O)N[C@@H](CC(C)C)C(=O)N[C@H](C(=O)N[C@@H](CC(C)C)C(=O)O)[C@@H](C)CC. The van der Waals surface area contributed by atoms with Crippen LogP contribution in [-0.2, 0) is 19.2 Å². The molecular weight excluding hydrogens is 424 g/mol. The van der Waals surface area contributed by atoms with Gasteiger partial charge in [0.2, 0.25) is 17.7 Å². The molecule has 9 heteroatoms. The molecule has 6 N–H and O–H groups in total. The molecule has 0 saturated heterocycles. The Hall–Kier alpha value is -2.16.